The Labute approximate surface area is 149 Å². The Morgan fingerprint density at radius 3 is 2.08 bits per heavy atom. The van der Waals surface area contributed by atoms with E-state index in [-0.39, 0.29) is 16.9 Å². The number of aromatic amines is 1. The van der Waals surface area contributed by atoms with Crippen molar-refractivity contribution in [2.45, 2.75) is 0 Å². The standard InChI is InChI=1S/C22H15NO3/c24-21(15-10-4-5-11-16(15)22(25)26)19-17-12-6-7-13-18(17)23-20(19)14-8-2-1-3-9-14/h1-13,23H,(H,25,26). The van der Waals surface area contributed by atoms with Gasteiger partial charge >= 0.3 is 5.97 Å². The molecule has 4 heteroatoms. The van der Waals surface area contributed by atoms with E-state index in [0.717, 1.165) is 16.5 Å². The van der Waals surface area contributed by atoms with Crippen LogP contribution in [0.5, 0.6) is 0 Å². The first-order valence-corrected chi connectivity index (χ1v) is 8.20. The molecule has 26 heavy (non-hydrogen) atoms. The highest BCUT2D eigenvalue weighted by molar-refractivity contribution is 6.22. The lowest BCUT2D eigenvalue weighted by molar-refractivity contribution is 0.0693. The molecule has 0 saturated carbocycles. The summed E-state index contributed by atoms with van der Waals surface area (Å²) in [6.07, 6.45) is 0. The molecule has 0 spiro atoms. The molecule has 0 radical (unpaired) electrons. The van der Waals surface area contributed by atoms with E-state index in [0.29, 0.717) is 11.3 Å². The fraction of sp³-hybridized carbons (Fsp3) is 0. The number of ketones is 1. The minimum absolute atomic E-state index is 0.00166. The molecule has 4 aromatic rings. The number of H-pyrrole nitrogens is 1. The van der Waals surface area contributed by atoms with Crippen LogP contribution in [0.1, 0.15) is 26.3 Å². The lowest BCUT2D eigenvalue weighted by Gasteiger charge is -2.07. The molecule has 1 heterocycles. The zero-order valence-electron chi connectivity index (χ0n) is 13.8. The van der Waals surface area contributed by atoms with E-state index in [9.17, 15) is 14.7 Å². The second-order valence-electron chi connectivity index (χ2n) is 5.97. The zero-order valence-corrected chi connectivity index (χ0v) is 13.8. The van der Waals surface area contributed by atoms with Gasteiger partial charge in [-0.25, -0.2) is 4.79 Å². The van der Waals surface area contributed by atoms with Gasteiger partial charge < -0.3 is 10.1 Å². The predicted octanol–water partition coefficient (Wildman–Crippen LogP) is 4.76. The number of carbonyl (C=O) groups excluding carboxylic acids is 1. The van der Waals surface area contributed by atoms with Crippen LogP contribution in [-0.4, -0.2) is 21.8 Å². The van der Waals surface area contributed by atoms with Crippen LogP contribution in [0.4, 0.5) is 0 Å². The van der Waals surface area contributed by atoms with E-state index in [1.807, 2.05) is 54.6 Å². The van der Waals surface area contributed by atoms with Crippen molar-refractivity contribution < 1.29 is 14.7 Å². The van der Waals surface area contributed by atoms with E-state index < -0.39 is 5.97 Å². The first kappa shape index (κ1) is 15.8. The van der Waals surface area contributed by atoms with E-state index >= 15 is 0 Å². The lowest BCUT2D eigenvalue weighted by Crippen LogP contribution is -2.10. The minimum atomic E-state index is -1.12. The van der Waals surface area contributed by atoms with Gasteiger partial charge in [0.25, 0.3) is 0 Å². The molecule has 0 aliphatic carbocycles. The number of hydrogen-bond donors (Lipinski definition) is 2. The van der Waals surface area contributed by atoms with Crippen LogP contribution >= 0.6 is 0 Å². The van der Waals surface area contributed by atoms with Crippen molar-refractivity contribution in [1.29, 1.82) is 0 Å². The molecule has 1 aromatic heterocycles. The molecular weight excluding hydrogens is 326 g/mol. The average Bonchev–Trinajstić information content (AvgIpc) is 3.07. The normalized spacial score (nSPS) is 10.8. The molecule has 0 atom stereocenters. The average molecular weight is 341 g/mol. The number of hydrogen-bond acceptors (Lipinski definition) is 2. The van der Waals surface area contributed by atoms with Gasteiger partial charge in [-0.2, -0.15) is 0 Å². The van der Waals surface area contributed by atoms with Gasteiger partial charge in [-0.1, -0.05) is 66.7 Å². The lowest BCUT2D eigenvalue weighted by atomic mass is 9.94. The first-order valence-electron chi connectivity index (χ1n) is 8.20. The first-order chi connectivity index (χ1) is 12.7. The van der Waals surface area contributed by atoms with Gasteiger partial charge in [-0.05, 0) is 17.7 Å². The molecule has 4 rings (SSSR count). The Bertz CT molecular complexity index is 1130. The van der Waals surface area contributed by atoms with Gasteiger partial charge in [0, 0.05) is 16.5 Å². The van der Waals surface area contributed by atoms with Crippen molar-refractivity contribution >= 4 is 22.7 Å². The molecule has 0 saturated heterocycles. The maximum absolute atomic E-state index is 13.4. The number of aromatic carboxylic acids is 1. The summed E-state index contributed by atoms with van der Waals surface area (Å²) < 4.78 is 0. The number of fused-ring (bicyclic) bond motifs is 1. The van der Waals surface area contributed by atoms with Crippen LogP contribution in [0.15, 0.2) is 78.9 Å². The molecule has 0 amide bonds. The maximum atomic E-state index is 13.4. The highest BCUT2D eigenvalue weighted by Crippen LogP contribution is 2.32. The Kier molecular flexibility index (Phi) is 3.86. The molecule has 0 fully saturated rings. The topological polar surface area (TPSA) is 70.2 Å². The SMILES string of the molecule is O=C(O)c1ccccc1C(=O)c1c(-c2ccccc2)[nH]c2ccccc12. The number of aromatic nitrogens is 1. The van der Waals surface area contributed by atoms with Gasteiger partial charge in [0.1, 0.15) is 0 Å². The number of para-hydroxylation sites is 1. The fourth-order valence-electron chi connectivity index (χ4n) is 3.20. The van der Waals surface area contributed by atoms with Crippen LogP contribution in [0, 0.1) is 0 Å². The molecule has 126 valence electrons. The molecule has 2 N–H and O–H groups in total. The number of nitrogens with one attached hydrogen (secondary N) is 1. The van der Waals surface area contributed by atoms with Crippen LogP contribution in [0.25, 0.3) is 22.2 Å². The van der Waals surface area contributed by atoms with Crippen molar-refractivity contribution in [1.82, 2.24) is 4.98 Å². The van der Waals surface area contributed by atoms with Gasteiger partial charge in [-0.3, -0.25) is 4.79 Å². The van der Waals surface area contributed by atoms with E-state index in [1.165, 1.54) is 6.07 Å². The van der Waals surface area contributed by atoms with Crippen molar-refractivity contribution in [3.63, 3.8) is 0 Å². The summed E-state index contributed by atoms with van der Waals surface area (Å²) in [5, 5.41) is 10.2. The van der Waals surface area contributed by atoms with Gasteiger partial charge in [0.2, 0.25) is 0 Å². The second-order valence-corrected chi connectivity index (χ2v) is 5.97. The summed E-state index contributed by atoms with van der Waals surface area (Å²) in [5.41, 5.74) is 3.07. The summed E-state index contributed by atoms with van der Waals surface area (Å²) in [6.45, 7) is 0. The molecule has 0 bridgehead atoms. The molecular formula is C22H15NO3. The fourth-order valence-corrected chi connectivity index (χ4v) is 3.20. The molecule has 0 unspecified atom stereocenters. The third-order valence-corrected chi connectivity index (χ3v) is 4.40. The Morgan fingerprint density at radius 2 is 1.35 bits per heavy atom. The monoisotopic (exact) mass is 341 g/mol. The maximum Gasteiger partial charge on any atom is 0.336 e. The Morgan fingerprint density at radius 1 is 0.731 bits per heavy atom. The third kappa shape index (κ3) is 2.58. The molecule has 0 aliphatic rings. The van der Waals surface area contributed by atoms with Gasteiger partial charge in [-0.15, -0.1) is 0 Å². The highest BCUT2D eigenvalue weighted by atomic mass is 16.4. The van der Waals surface area contributed by atoms with Crippen molar-refractivity contribution in [2.24, 2.45) is 0 Å². The number of carboxylic acid groups (broad SMARTS) is 1. The van der Waals surface area contributed by atoms with Crippen molar-refractivity contribution in [3.05, 3.63) is 95.6 Å². The smallest absolute Gasteiger partial charge is 0.336 e. The number of carboxylic acids is 1. The summed E-state index contributed by atoms with van der Waals surface area (Å²) in [7, 11) is 0. The largest absolute Gasteiger partial charge is 0.478 e. The number of benzene rings is 3. The Balaban J connectivity index is 2.00. The van der Waals surface area contributed by atoms with Gasteiger partial charge in [0.15, 0.2) is 5.78 Å². The van der Waals surface area contributed by atoms with E-state index in [4.69, 9.17) is 0 Å². The second kappa shape index (κ2) is 6.33. The summed E-state index contributed by atoms with van der Waals surface area (Å²) >= 11 is 0. The zero-order chi connectivity index (χ0) is 18.1. The minimum Gasteiger partial charge on any atom is -0.478 e. The van der Waals surface area contributed by atoms with E-state index in [2.05, 4.69) is 4.98 Å². The summed E-state index contributed by atoms with van der Waals surface area (Å²) in [6, 6.07) is 23.4. The highest BCUT2D eigenvalue weighted by Gasteiger charge is 2.24. The van der Waals surface area contributed by atoms with Crippen molar-refractivity contribution in [2.75, 3.05) is 0 Å². The van der Waals surface area contributed by atoms with Gasteiger partial charge in [0.05, 0.1) is 16.8 Å². The Hall–Kier alpha value is -3.66. The van der Waals surface area contributed by atoms with Crippen LogP contribution in [0.2, 0.25) is 0 Å². The third-order valence-electron chi connectivity index (χ3n) is 4.40. The summed E-state index contributed by atoms with van der Waals surface area (Å²) in [5.74, 6) is -1.42. The van der Waals surface area contributed by atoms with E-state index in [1.54, 1.807) is 18.2 Å². The van der Waals surface area contributed by atoms with Crippen LogP contribution in [-0.2, 0) is 0 Å². The predicted molar refractivity (Wildman–Crippen MR) is 101 cm³/mol. The summed E-state index contributed by atoms with van der Waals surface area (Å²) in [4.78, 5) is 28.2. The molecule has 4 nitrogen and oxygen atoms in total. The quantitative estimate of drug-likeness (QED) is 0.526. The number of rotatable bonds is 4. The number of carbonyl (C=O) groups is 2. The molecule has 3 aromatic carbocycles. The molecule has 0 aliphatic heterocycles. The van der Waals surface area contributed by atoms with Crippen LogP contribution < -0.4 is 0 Å². The van der Waals surface area contributed by atoms with Crippen LogP contribution in [0.3, 0.4) is 0 Å². The van der Waals surface area contributed by atoms with Crippen molar-refractivity contribution in [3.8, 4) is 11.3 Å².